The summed E-state index contributed by atoms with van der Waals surface area (Å²) < 4.78 is 0. The molecule has 0 unspecified atom stereocenters. The van der Waals surface area contributed by atoms with Gasteiger partial charge in [0.25, 0.3) is 0 Å². The van der Waals surface area contributed by atoms with Crippen molar-refractivity contribution in [2.24, 2.45) is 5.73 Å². The molecule has 0 atom stereocenters. The predicted molar refractivity (Wildman–Crippen MR) is 59.5 cm³/mol. The molecule has 0 bridgehead atoms. The Morgan fingerprint density at radius 1 is 1.43 bits per heavy atom. The third-order valence-electron chi connectivity index (χ3n) is 1.73. The van der Waals surface area contributed by atoms with Crippen LogP contribution in [0.2, 0.25) is 0 Å². The average Bonchev–Trinajstić information content (AvgIpc) is 2.14. The highest BCUT2D eigenvalue weighted by molar-refractivity contribution is 5.76. The molecule has 3 nitrogen and oxygen atoms in total. The maximum Gasteiger partial charge on any atom is 0.236 e. The molecule has 3 N–H and O–H groups in total. The lowest BCUT2D eigenvalue weighted by Crippen LogP contribution is -2.27. The summed E-state index contributed by atoms with van der Waals surface area (Å²) in [4.78, 5) is 10.4. The summed E-state index contributed by atoms with van der Waals surface area (Å²) >= 11 is 0. The highest BCUT2D eigenvalue weighted by Crippen LogP contribution is 1.98. The summed E-state index contributed by atoms with van der Waals surface area (Å²) in [5, 5.41) is 2.91. The van der Waals surface area contributed by atoms with Crippen molar-refractivity contribution in [3.8, 4) is 0 Å². The lowest BCUT2D eigenvalue weighted by molar-refractivity contribution is -0.117. The second-order valence-electron chi connectivity index (χ2n) is 3.09. The van der Waals surface area contributed by atoms with Crippen molar-refractivity contribution < 1.29 is 4.79 Å². The summed E-state index contributed by atoms with van der Waals surface area (Å²) in [6.45, 7) is 7.73. The summed E-state index contributed by atoms with van der Waals surface area (Å²) in [5.74, 6) is -0.351. The van der Waals surface area contributed by atoms with Gasteiger partial charge in [0.15, 0.2) is 0 Å². The van der Waals surface area contributed by atoms with Crippen LogP contribution >= 0.6 is 0 Å². The molecule has 0 saturated carbocycles. The van der Waals surface area contributed by atoms with Crippen molar-refractivity contribution >= 4 is 5.91 Å². The minimum absolute atomic E-state index is 0.187. The number of primary amides is 1. The molecule has 0 spiro atoms. The second kappa shape index (κ2) is 6.95. The molecule has 0 fully saturated rings. The number of allylic oxidation sites excluding steroid dienone is 5. The molecule has 0 saturated heterocycles. The van der Waals surface area contributed by atoms with Crippen LogP contribution in [0.15, 0.2) is 36.1 Å². The fraction of sp³-hybridized carbons (Fsp3) is 0.364. The first kappa shape index (κ1) is 12.5. The van der Waals surface area contributed by atoms with Gasteiger partial charge in [-0.3, -0.25) is 4.79 Å². The topological polar surface area (TPSA) is 55.1 Å². The Morgan fingerprint density at radius 3 is 2.57 bits per heavy atom. The van der Waals surface area contributed by atoms with E-state index in [0.717, 1.165) is 17.7 Å². The molecule has 0 aromatic carbocycles. The van der Waals surface area contributed by atoms with E-state index < -0.39 is 0 Å². The zero-order valence-electron chi connectivity index (χ0n) is 8.84. The number of carbonyl (C=O) groups is 1. The fourth-order valence-electron chi connectivity index (χ4n) is 0.804. The van der Waals surface area contributed by atoms with Crippen LogP contribution in [0.1, 0.15) is 20.3 Å². The Kier molecular flexibility index (Phi) is 6.20. The van der Waals surface area contributed by atoms with E-state index in [4.69, 9.17) is 5.73 Å². The highest BCUT2D eigenvalue weighted by Gasteiger charge is 1.91. The maximum absolute atomic E-state index is 10.4. The van der Waals surface area contributed by atoms with E-state index >= 15 is 0 Å². The van der Waals surface area contributed by atoms with Gasteiger partial charge < -0.3 is 11.1 Å². The Labute approximate surface area is 85.4 Å². The van der Waals surface area contributed by atoms with E-state index in [0.29, 0.717) is 0 Å². The van der Waals surface area contributed by atoms with Crippen molar-refractivity contribution in [2.75, 3.05) is 6.54 Å². The van der Waals surface area contributed by atoms with Crippen molar-refractivity contribution in [1.29, 1.82) is 0 Å². The first-order valence-corrected chi connectivity index (χ1v) is 4.54. The van der Waals surface area contributed by atoms with Crippen LogP contribution < -0.4 is 11.1 Å². The number of amides is 1. The van der Waals surface area contributed by atoms with Gasteiger partial charge in [0, 0.05) is 5.70 Å². The van der Waals surface area contributed by atoms with Gasteiger partial charge in [-0.05, 0) is 20.3 Å². The molecular weight excluding hydrogens is 176 g/mol. The van der Waals surface area contributed by atoms with Crippen LogP contribution in [0.5, 0.6) is 0 Å². The summed E-state index contributed by atoms with van der Waals surface area (Å²) in [7, 11) is 0. The van der Waals surface area contributed by atoms with Crippen LogP contribution in [-0.2, 0) is 4.79 Å². The number of rotatable bonds is 6. The molecule has 1 amide bonds. The standard InChI is InChI=1S/C11H18N2O/c1-4-9(2)6-5-7-10(3)13-8-11(12)14/h4,6-7,13H,1,5,8H2,2-3H3,(H2,12,14)/b9-6-,10-7+. The number of carbonyl (C=O) groups excluding carboxylic acids is 1. The summed E-state index contributed by atoms with van der Waals surface area (Å²) in [6, 6.07) is 0. The van der Waals surface area contributed by atoms with Crippen LogP contribution in [0, 0.1) is 0 Å². The van der Waals surface area contributed by atoms with Crippen LogP contribution in [0.3, 0.4) is 0 Å². The van der Waals surface area contributed by atoms with E-state index in [9.17, 15) is 4.79 Å². The number of nitrogens with two attached hydrogens (primary N) is 1. The zero-order valence-corrected chi connectivity index (χ0v) is 8.84. The van der Waals surface area contributed by atoms with Crippen LogP contribution in [-0.4, -0.2) is 12.5 Å². The maximum atomic E-state index is 10.4. The summed E-state index contributed by atoms with van der Waals surface area (Å²) in [5.41, 5.74) is 7.08. The molecule has 78 valence electrons. The minimum Gasteiger partial charge on any atom is -0.380 e. The van der Waals surface area contributed by atoms with Gasteiger partial charge in [0.1, 0.15) is 0 Å². The highest BCUT2D eigenvalue weighted by atomic mass is 16.1. The number of hydrogen-bond donors (Lipinski definition) is 2. The SMILES string of the molecule is C=C/C(C)=C\C/C=C(\C)NCC(N)=O. The fourth-order valence-corrected chi connectivity index (χ4v) is 0.804. The van der Waals surface area contributed by atoms with E-state index in [1.807, 2.05) is 19.9 Å². The molecule has 0 aliphatic heterocycles. The quantitative estimate of drug-likeness (QED) is 0.629. The molecule has 0 heterocycles. The largest absolute Gasteiger partial charge is 0.380 e. The van der Waals surface area contributed by atoms with Crippen molar-refractivity contribution in [3.63, 3.8) is 0 Å². The monoisotopic (exact) mass is 194 g/mol. The molecule has 0 rings (SSSR count). The normalized spacial score (nSPS) is 12.4. The molecule has 0 aliphatic carbocycles. The van der Waals surface area contributed by atoms with Crippen LogP contribution in [0.4, 0.5) is 0 Å². The third-order valence-corrected chi connectivity index (χ3v) is 1.73. The Morgan fingerprint density at radius 2 is 2.07 bits per heavy atom. The van der Waals surface area contributed by atoms with E-state index in [-0.39, 0.29) is 12.5 Å². The second-order valence-corrected chi connectivity index (χ2v) is 3.09. The Hall–Kier alpha value is -1.51. The van der Waals surface area contributed by atoms with E-state index in [1.54, 1.807) is 6.08 Å². The molecule has 14 heavy (non-hydrogen) atoms. The van der Waals surface area contributed by atoms with Gasteiger partial charge in [-0.2, -0.15) is 0 Å². The first-order valence-electron chi connectivity index (χ1n) is 4.54. The van der Waals surface area contributed by atoms with Crippen molar-refractivity contribution in [3.05, 3.63) is 36.1 Å². The van der Waals surface area contributed by atoms with Gasteiger partial charge in [0.2, 0.25) is 5.91 Å². The summed E-state index contributed by atoms with van der Waals surface area (Å²) in [6.07, 6.45) is 6.69. The van der Waals surface area contributed by atoms with Gasteiger partial charge in [-0.25, -0.2) is 0 Å². The third kappa shape index (κ3) is 7.16. The Balaban J connectivity index is 3.88. The molecule has 0 aromatic rings. The zero-order chi connectivity index (χ0) is 11.0. The molecule has 0 aromatic heterocycles. The van der Waals surface area contributed by atoms with E-state index in [1.165, 1.54) is 0 Å². The number of nitrogens with one attached hydrogen (secondary N) is 1. The molecule has 0 aliphatic rings. The van der Waals surface area contributed by atoms with Gasteiger partial charge in [-0.1, -0.05) is 30.4 Å². The molecular formula is C11H18N2O. The van der Waals surface area contributed by atoms with Gasteiger partial charge in [-0.15, -0.1) is 0 Å². The molecule has 0 radical (unpaired) electrons. The minimum atomic E-state index is -0.351. The van der Waals surface area contributed by atoms with Crippen LogP contribution in [0.25, 0.3) is 0 Å². The lowest BCUT2D eigenvalue weighted by atomic mass is 10.2. The van der Waals surface area contributed by atoms with Gasteiger partial charge in [0.05, 0.1) is 6.54 Å². The van der Waals surface area contributed by atoms with E-state index in [2.05, 4.69) is 18.0 Å². The van der Waals surface area contributed by atoms with Gasteiger partial charge >= 0.3 is 0 Å². The average molecular weight is 194 g/mol. The first-order chi connectivity index (χ1) is 6.56. The Bertz CT molecular complexity index is 264. The number of hydrogen-bond acceptors (Lipinski definition) is 2. The predicted octanol–water partition coefficient (Wildman–Crippen LogP) is 1.49. The van der Waals surface area contributed by atoms with Crippen molar-refractivity contribution in [2.45, 2.75) is 20.3 Å². The smallest absolute Gasteiger partial charge is 0.236 e. The lowest BCUT2D eigenvalue weighted by Gasteiger charge is -2.02. The van der Waals surface area contributed by atoms with Crippen molar-refractivity contribution in [1.82, 2.24) is 5.32 Å². The molecule has 3 heteroatoms.